The molecule has 0 aliphatic carbocycles. The second-order valence-electron chi connectivity index (χ2n) is 5.69. The zero-order valence-corrected chi connectivity index (χ0v) is 13.6. The minimum atomic E-state index is -0.525. The molecular weight excluding hydrogens is 320 g/mol. The van der Waals surface area contributed by atoms with Gasteiger partial charge < -0.3 is 9.84 Å². The molecule has 1 fully saturated rings. The standard InChI is InChI=1S/C19H18N2O4/c22-19-14-16(21(23)24)7-8-17(19)18(20-10-12-25-13-11-20)9-6-15-4-2-1-3-5-15/h1-5,7-8,14,18,22H,10-13H2. The van der Waals surface area contributed by atoms with Gasteiger partial charge in [0.25, 0.3) is 5.69 Å². The molecule has 1 N–H and O–H groups in total. The Hall–Kier alpha value is -2.88. The summed E-state index contributed by atoms with van der Waals surface area (Å²) in [5.74, 6) is 6.21. The van der Waals surface area contributed by atoms with Crippen LogP contribution in [0.15, 0.2) is 48.5 Å². The Kier molecular flexibility index (Phi) is 5.29. The van der Waals surface area contributed by atoms with Crippen molar-refractivity contribution >= 4 is 5.69 Å². The lowest BCUT2D eigenvalue weighted by Gasteiger charge is -2.32. The number of hydrogen-bond acceptors (Lipinski definition) is 5. The fourth-order valence-electron chi connectivity index (χ4n) is 2.75. The molecule has 1 unspecified atom stereocenters. The van der Waals surface area contributed by atoms with Crippen LogP contribution in [0.2, 0.25) is 0 Å². The van der Waals surface area contributed by atoms with Gasteiger partial charge in [-0.3, -0.25) is 15.0 Å². The van der Waals surface area contributed by atoms with Crippen LogP contribution >= 0.6 is 0 Å². The predicted octanol–water partition coefficient (Wildman–Crippen LogP) is 2.73. The maximum atomic E-state index is 10.9. The molecule has 0 amide bonds. The van der Waals surface area contributed by atoms with Crippen LogP contribution in [-0.2, 0) is 4.74 Å². The molecule has 128 valence electrons. The maximum Gasteiger partial charge on any atom is 0.273 e. The van der Waals surface area contributed by atoms with Gasteiger partial charge in [0.05, 0.1) is 24.2 Å². The molecule has 1 aliphatic heterocycles. The van der Waals surface area contributed by atoms with Crippen LogP contribution in [0.3, 0.4) is 0 Å². The fourth-order valence-corrected chi connectivity index (χ4v) is 2.75. The predicted molar refractivity (Wildman–Crippen MR) is 93.2 cm³/mol. The van der Waals surface area contributed by atoms with Gasteiger partial charge in [-0.05, 0) is 18.2 Å². The Balaban J connectivity index is 1.96. The SMILES string of the molecule is O=[N+]([O-])c1ccc(C(C#Cc2ccccc2)N2CCOCC2)c(O)c1. The number of aromatic hydroxyl groups is 1. The van der Waals surface area contributed by atoms with E-state index in [1.54, 1.807) is 6.07 Å². The molecule has 6 heteroatoms. The summed E-state index contributed by atoms with van der Waals surface area (Å²) >= 11 is 0. The average molecular weight is 338 g/mol. The smallest absolute Gasteiger partial charge is 0.273 e. The number of phenols is 1. The summed E-state index contributed by atoms with van der Waals surface area (Å²) in [6.07, 6.45) is 0. The second kappa shape index (κ2) is 7.79. The van der Waals surface area contributed by atoms with Gasteiger partial charge in [0.2, 0.25) is 0 Å². The number of morpholine rings is 1. The summed E-state index contributed by atoms with van der Waals surface area (Å²) in [6, 6.07) is 13.4. The van der Waals surface area contributed by atoms with E-state index in [1.165, 1.54) is 12.1 Å². The highest BCUT2D eigenvalue weighted by molar-refractivity contribution is 5.48. The van der Waals surface area contributed by atoms with Gasteiger partial charge >= 0.3 is 0 Å². The van der Waals surface area contributed by atoms with Crippen molar-refractivity contribution in [3.63, 3.8) is 0 Å². The van der Waals surface area contributed by atoms with Gasteiger partial charge in [0.1, 0.15) is 11.8 Å². The van der Waals surface area contributed by atoms with Crippen LogP contribution in [0.1, 0.15) is 17.2 Å². The van der Waals surface area contributed by atoms with E-state index in [0.29, 0.717) is 31.9 Å². The molecule has 1 atom stereocenters. The van der Waals surface area contributed by atoms with Crippen LogP contribution in [-0.4, -0.2) is 41.2 Å². The number of rotatable bonds is 3. The lowest BCUT2D eigenvalue weighted by Crippen LogP contribution is -2.38. The average Bonchev–Trinajstić information content (AvgIpc) is 2.64. The molecular formula is C19H18N2O4. The van der Waals surface area contributed by atoms with Crippen molar-refractivity contribution in [3.05, 3.63) is 69.8 Å². The first kappa shape index (κ1) is 17.0. The Bertz CT molecular complexity index is 805. The highest BCUT2D eigenvalue weighted by Crippen LogP contribution is 2.32. The summed E-state index contributed by atoms with van der Waals surface area (Å²) < 4.78 is 5.39. The number of nitro groups is 1. The summed E-state index contributed by atoms with van der Waals surface area (Å²) in [7, 11) is 0. The summed E-state index contributed by atoms with van der Waals surface area (Å²) in [5, 5.41) is 21.2. The molecule has 0 bridgehead atoms. The first-order chi connectivity index (χ1) is 12.1. The van der Waals surface area contributed by atoms with E-state index in [9.17, 15) is 15.2 Å². The molecule has 2 aromatic rings. The zero-order chi connectivity index (χ0) is 17.6. The molecule has 6 nitrogen and oxygen atoms in total. The van der Waals surface area contributed by atoms with Crippen molar-refractivity contribution < 1.29 is 14.8 Å². The second-order valence-corrected chi connectivity index (χ2v) is 5.69. The van der Waals surface area contributed by atoms with E-state index in [-0.39, 0.29) is 17.5 Å². The van der Waals surface area contributed by atoms with Crippen molar-refractivity contribution in [1.29, 1.82) is 0 Å². The lowest BCUT2D eigenvalue weighted by atomic mass is 10.0. The quantitative estimate of drug-likeness (QED) is 0.529. The Morgan fingerprint density at radius 1 is 1.16 bits per heavy atom. The largest absolute Gasteiger partial charge is 0.507 e. The summed E-state index contributed by atoms with van der Waals surface area (Å²) in [4.78, 5) is 12.5. The van der Waals surface area contributed by atoms with Gasteiger partial charge in [0.15, 0.2) is 0 Å². The topological polar surface area (TPSA) is 75.8 Å². The van der Waals surface area contributed by atoms with Crippen LogP contribution in [0.25, 0.3) is 0 Å². The number of ether oxygens (including phenoxy) is 1. The van der Waals surface area contributed by atoms with Gasteiger partial charge in [-0.15, -0.1) is 0 Å². The van der Waals surface area contributed by atoms with Gasteiger partial charge in [-0.2, -0.15) is 0 Å². The van der Waals surface area contributed by atoms with E-state index in [1.807, 2.05) is 30.3 Å². The van der Waals surface area contributed by atoms with Crippen LogP contribution < -0.4 is 0 Å². The molecule has 1 heterocycles. The number of nitrogens with zero attached hydrogens (tertiary/aromatic N) is 2. The molecule has 1 aliphatic rings. The number of hydrogen-bond donors (Lipinski definition) is 1. The highest BCUT2D eigenvalue weighted by atomic mass is 16.6. The van der Waals surface area contributed by atoms with E-state index >= 15 is 0 Å². The van der Waals surface area contributed by atoms with E-state index in [0.717, 1.165) is 5.56 Å². The minimum absolute atomic E-state index is 0.118. The Labute approximate surface area is 145 Å². The van der Waals surface area contributed by atoms with Crippen molar-refractivity contribution in [1.82, 2.24) is 4.90 Å². The maximum absolute atomic E-state index is 10.9. The van der Waals surface area contributed by atoms with Gasteiger partial charge in [0, 0.05) is 30.3 Å². The molecule has 0 aromatic heterocycles. The Morgan fingerprint density at radius 3 is 2.52 bits per heavy atom. The molecule has 0 spiro atoms. The number of non-ortho nitro benzene ring substituents is 1. The molecule has 3 rings (SSSR count). The third kappa shape index (κ3) is 4.15. The van der Waals surface area contributed by atoms with Crippen molar-refractivity contribution in [2.75, 3.05) is 26.3 Å². The molecule has 1 saturated heterocycles. The first-order valence-corrected chi connectivity index (χ1v) is 8.01. The van der Waals surface area contributed by atoms with Crippen LogP contribution in [0.5, 0.6) is 5.75 Å². The number of phenolic OH excluding ortho intramolecular Hbond substituents is 1. The first-order valence-electron chi connectivity index (χ1n) is 8.01. The monoisotopic (exact) mass is 338 g/mol. The Morgan fingerprint density at radius 2 is 1.88 bits per heavy atom. The summed E-state index contributed by atoms with van der Waals surface area (Å²) in [6.45, 7) is 2.56. The number of benzene rings is 2. The van der Waals surface area contributed by atoms with Gasteiger partial charge in [-0.1, -0.05) is 30.0 Å². The van der Waals surface area contributed by atoms with E-state index in [4.69, 9.17) is 4.74 Å². The fraction of sp³-hybridized carbons (Fsp3) is 0.263. The van der Waals surface area contributed by atoms with E-state index in [2.05, 4.69) is 16.7 Å². The van der Waals surface area contributed by atoms with Crippen molar-refractivity contribution in [3.8, 4) is 17.6 Å². The van der Waals surface area contributed by atoms with Crippen LogP contribution in [0.4, 0.5) is 5.69 Å². The highest BCUT2D eigenvalue weighted by Gasteiger charge is 2.24. The molecule has 2 aromatic carbocycles. The minimum Gasteiger partial charge on any atom is -0.507 e. The number of nitro benzene ring substituents is 1. The zero-order valence-electron chi connectivity index (χ0n) is 13.6. The molecule has 0 saturated carbocycles. The third-order valence-corrected chi connectivity index (χ3v) is 4.06. The summed E-state index contributed by atoms with van der Waals surface area (Å²) in [5.41, 5.74) is 1.30. The van der Waals surface area contributed by atoms with Crippen molar-refractivity contribution in [2.24, 2.45) is 0 Å². The normalized spacial score (nSPS) is 15.8. The molecule has 0 radical (unpaired) electrons. The molecule has 25 heavy (non-hydrogen) atoms. The van der Waals surface area contributed by atoms with E-state index < -0.39 is 4.92 Å². The third-order valence-electron chi connectivity index (χ3n) is 4.06. The van der Waals surface area contributed by atoms with Crippen LogP contribution in [0, 0.1) is 22.0 Å². The lowest BCUT2D eigenvalue weighted by molar-refractivity contribution is -0.385. The van der Waals surface area contributed by atoms with Gasteiger partial charge in [-0.25, -0.2) is 0 Å². The van der Waals surface area contributed by atoms with Crippen molar-refractivity contribution in [2.45, 2.75) is 6.04 Å².